The molecule has 0 unspecified atom stereocenters. The summed E-state index contributed by atoms with van der Waals surface area (Å²) in [5.74, 6) is 0.441. The Morgan fingerprint density at radius 2 is 2.16 bits per heavy atom. The fourth-order valence-electron chi connectivity index (χ4n) is 4.17. The molecule has 3 aromatic rings. The average Bonchev–Trinajstić information content (AvgIpc) is 3.14. The van der Waals surface area contributed by atoms with Gasteiger partial charge in [-0.2, -0.15) is 9.61 Å². The van der Waals surface area contributed by atoms with E-state index < -0.39 is 24.2 Å². The second-order valence-corrected chi connectivity index (χ2v) is 8.23. The molecule has 2 aliphatic rings. The number of hydrogen-bond donors (Lipinski definition) is 4. The van der Waals surface area contributed by atoms with E-state index in [4.69, 9.17) is 0 Å². The number of aliphatic hydroxyl groups is 1. The lowest BCUT2D eigenvalue weighted by atomic mass is 10.2. The first kappa shape index (κ1) is 20.4. The number of anilines is 3. The van der Waals surface area contributed by atoms with Gasteiger partial charge in [-0.25, -0.2) is 9.37 Å². The molecule has 1 amide bonds. The molecular weight excluding hydrogens is 417 g/mol. The van der Waals surface area contributed by atoms with Crippen LogP contribution in [0, 0.1) is 0 Å². The Hall–Kier alpha value is -3.47. The van der Waals surface area contributed by atoms with Crippen LogP contribution < -0.4 is 21.5 Å². The third-order valence-electron chi connectivity index (χ3n) is 6.04. The van der Waals surface area contributed by atoms with E-state index in [2.05, 4.69) is 26.0 Å². The third-order valence-corrected chi connectivity index (χ3v) is 6.04. The molecule has 4 N–H and O–H groups in total. The first-order valence-electron chi connectivity index (χ1n) is 10.6. The van der Waals surface area contributed by atoms with Crippen molar-refractivity contribution in [1.82, 2.24) is 24.5 Å². The van der Waals surface area contributed by atoms with Crippen molar-refractivity contribution in [3.63, 3.8) is 0 Å². The Kier molecular flexibility index (Phi) is 5.04. The van der Waals surface area contributed by atoms with Crippen LogP contribution in [-0.2, 0) is 0 Å². The van der Waals surface area contributed by atoms with Crippen LogP contribution in [0.2, 0.25) is 0 Å². The zero-order valence-electron chi connectivity index (χ0n) is 17.5. The van der Waals surface area contributed by atoms with Gasteiger partial charge in [-0.05, 0) is 31.4 Å². The minimum absolute atomic E-state index is 0.212. The van der Waals surface area contributed by atoms with Gasteiger partial charge >= 0.3 is 0 Å². The van der Waals surface area contributed by atoms with E-state index in [1.165, 1.54) is 10.7 Å². The molecule has 10 nitrogen and oxygen atoms in total. The lowest BCUT2D eigenvalue weighted by molar-refractivity contribution is 0.0949. The molecule has 0 aliphatic heterocycles. The molecule has 32 heavy (non-hydrogen) atoms. The number of carbonyl (C=O) groups is 1. The van der Waals surface area contributed by atoms with E-state index in [9.17, 15) is 19.1 Å². The van der Waals surface area contributed by atoms with Gasteiger partial charge in [0.1, 0.15) is 29.1 Å². The molecule has 3 heterocycles. The molecule has 4 atom stereocenters. The maximum Gasteiger partial charge on any atom is 0.274 e. The molecule has 0 bridgehead atoms. The lowest BCUT2D eigenvalue weighted by Gasteiger charge is -2.19. The minimum atomic E-state index is -1.02. The topological polar surface area (TPSA) is 126 Å². The Labute approximate surface area is 182 Å². The smallest absolute Gasteiger partial charge is 0.274 e. The van der Waals surface area contributed by atoms with Gasteiger partial charge < -0.3 is 25.6 Å². The molecule has 0 spiro atoms. The molecule has 2 aliphatic carbocycles. The lowest BCUT2D eigenvalue weighted by Crippen LogP contribution is -2.30. The van der Waals surface area contributed by atoms with Crippen LogP contribution in [0.5, 0.6) is 0 Å². The molecule has 0 saturated heterocycles. The number of nitrogens with one attached hydrogen (secondary N) is 3. The summed E-state index contributed by atoms with van der Waals surface area (Å²) in [7, 11) is 1.70. The summed E-state index contributed by atoms with van der Waals surface area (Å²) in [5.41, 5.74) is 0.522. The fourth-order valence-corrected chi connectivity index (χ4v) is 4.17. The number of halogens is 1. The van der Waals surface area contributed by atoms with Crippen molar-refractivity contribution in [2.45, 2.75) is 50.0 Å². The summed E-state index contributed by atoms with van der Waals surface area (Å²) >= 11 is 0. The molecular formula is C21H24FN7O3. The second kappa shape index (κ2) is 7.90. The number of nitrogens with zero attached hydrogens (tertiary/aromatic N) is 4. The maximum absolute atomic E-state index is 13.2. The number of carbonyl (C=O) groups excluding carboxylic acids is 1. The monoisotopic (exact) mass is 441 g/mol. The quantitative estimate of drug-likeness (QED) is 0.458. The van der Waals surface area contributed by atoms with E-state index in [0.29, 0.717) is 30.2 Å². The number of hydrogen-bond acceptors (Lipinski definition) is 7. The summed E-state index contributed by atoms with van der Waals surface area (Å²) in [5, 5.41) is 23.1. The van der Waals surface area contributed by atoms with Gasteiger partial charge in [-0.3, -0.25) is 9.59 Å². The Morgan fingerprint density at radius 1 is 1.34 bits per heavy atom. The summed E-state index contributed by atoms with van der Waals surface area (Å²) in [6.07, 6.45) is 4.10. The van der Waals surface area contributed by atoms with Crippen LogP contribution in [0.1, 0.15) is 42.1 Å². The molecule has 0 aromatic carbocycles. The van der Waals surface area contributed by atoms with Gasteiger partial charge in [-0.15, -0.1) is 0 Å². The SMILES string of the molecule is CNc1cc(Nc2cccn([C@@H]3CCC[C@H]3O)c2=O)nc2c(C(=O)N[C@@H]3C[C@@H]3F)cnn12. The fraction of sp³-hybridized carbons (Fsp3) is 0.429. The average molecular weight is 441 g/mol. The third kappa shape index (κ3) is 3.58. The molecule has 2 saturated carbocycles. The molecule has 168 valence electrons. The van der Waals surface area contributed by atoms with Crippen molar-refractivity contribution < 1.29 is 14.3 Å². The molecule has 5 rings (SSSR count). The van der Waals surface area contributed by atoms with Crippen LogP contribution >= 0.6 is 0 Å². The Bertz CT molecular complexity index is 1240. The molecule has 0 radical (unpaired) electrons. The van der Waals surface area contributed by atoms with Crippen molar-refractivity contribution in [2.75, 3.05) is 17.7 Å². The second-order valence-electron chi connectivity index (χ2n) is 8.23. The first-order chi connectivity index (χ1) is 15.5. The van der Waals surface area contributed by atoms with E-state index in [1.807, 2.05) is 0 Å². The van der Waals surface area contributed by atoms with E-state index in [0.717, 1.165) is 12.8 Å². The van der Waals surface area contributed by atoms with Gasteiger partial charge in [0.15, 0.2) is 5.65 Å². The van der Waals surface area contributed by atoms with Crippen molar-refractivity contribution in [2.24, 2.45) is 0 Å². The van der Waals surface area contributed by atoms with Crippen LogP contribution in [-0.4, -0.2) is 55.5 Å². The van der Waals surface area contributed by atoms with Crippen LogP contribution in [0.3, 0.4) is 0 Å². The van der Waals surface area contributed by atoms with Gasteiger partial charge in [0.2, 0.25) is 0 Å². The van der Waals surface area contributed by atoms with Crippen LogP contribution in [0.15, 0.2) is 35.4 Å². The highest BCUT2D eigenvalue weighted by Crippen LogP contribution is 2.29. The van der Waals surface area contributed by atoms with E-state index in [-0.39, 0.29) is 22.8 Å². The summed E-state index contributed by atoms with van der Waals surface area (Å²) in [4.78, 5) is 30.1. The summed E-state index contributed by atoms with van der Waals surface area (Å²) < 4.78 is 16.2. The molecule has 2 fully saturated rings. The summed E-state index contributed by atoms with van der Waals surface area (Å²) in [6, 6.07) is 4.33. The van der Waals surface area contributed by atoms with Gasteiger partial charge in [0.25, 0.3) is 11.5 Å². The van der Waals surface area contributed by atoms with Crippen molar-refractivity contribution in [1.29, 1.82) is 0 Å². The van der Waals surface area contributed by atoms with E-state index >= 15 is 0 Å². The maximum atomic E-state index is 13.2. The Balaban J connectivity index is 1.49. The van der Waals surface area contributed by atoms with Crippen molar-refractivity contribution in [3.05, 3.63) is 46.5 Å². The number of alkyl halides is 1. The predicted molar refractivity (Wildman–Crippen MR) is 116 cm³/mol. The predicted octanol–water partition coefficient (Wildman–Crippen LogP) is 1.60. The molecule has 11 heteroatoms. The van der Waals surface area contributed by atoms with Gasteiger partial charge in [-0.1, -0.05) is 0 Å². The first-order valence-corrected chi connectivity index (χ1v) is 10.6. The van der Waals surface area contributed by atoms with Crippen LogP contribution in [0.4, 0.5) is 21.7 Å². The minimum Gasteiger partial charge on any atom is -0.391 e. The van der Waals surface area contributed by atoms with E-state index in [1.54, 1.807) is 36.0 Å². The highest BCUT2D eigenvalue weighted by Gasteiger charge is 2.39. The number of rotatable bonds is 6. The molecule has 3 aromatic heterocycles. The van der Waals surface area contributed by atoms with Gasteiger partial charge in [0.05, 0.1) is 24.4 Å². The highest BCUT2D eigenvalue weighted by atomic mass is 19.1. The number of fused-ring (bicyclic) bond motifs is 1. The van der Waals surface area contributed by atoms with Crippen LogP contribution in [0.25, 0.3) is 5.65 Å². The van der Waals surface area contributed by atoms with Crippen molar-refractivity contribution >= 4 is 28.9 Å². The number of amides is 1. The normalized spacial score (nSPS) is 24.5. The Morgan fingerprint density at radius 3 is 2.84 bits per heavy atom. The largest absolute Gasteiger partial charge is 0.391 e. The number of aliphatic hydroxyl groups excluding tert-OH is 1. The standard InChI is InChI=1S/C21H24FN7O3/c1-23-18-9-17(25-13-4-3-7-28(21(13)32)15-5-2-6-16(15)30)27-19-11(10-24-29(18)19)20(31)26-14-8-12(14)22/h3-4,7,9-10,12,14-16,23,30H,2,5-6,8H2,1H3,(H,25,27)(H,26,31)/t12-,14+,15+,16+/m0/s1. The van der Waals surface area contributed by atoms with Gasteiger partial charge in [0, 0.05) is 25.7 Å². The number of aromatic nitrogens is 4. The van der Waals surface area contributed by atoms with Crippen molar-refractivity contribution in [3.8, 4) is 0 Å². The zero-order chi connectivity index (χ0) is 22.4. The summed E-state index contributed by atoms with van der Waals surface area (Å²) in [6.45, 7) is 0. The number of pyridine rings is 1. The zero-order valence-corrected chi connectivity index (χ0v) is 17.5. The highest BCUT2D eigenvalue weighted by molar-refractivity contribution is 6.00.